The number of likely N-dealkylation sites (tertiary alicyclic amines) is 1. The number of hydrogen-bond acceptors (Lipinski definition) is 1. The summed E-state index contributed by atoms with van der Waals surface area (Å²) in [5.41, 5.74) is 0. The van der Waals surface area contributed by atoms with Gasteiger partial charge in [0.15, 0.2) is 6.73 Å². The van der Waals surface area contributed by atoms with Gasteiger partial charge < -0.3 is 9.22 Å². The number of alkyl halides is 3. The van der Waals surface area contributed by atoms with E-state index in [4.69, 9.17) is 4.74 Å². The molecular formula is C11H23F3NO+. The van der Waals surface area contributed by atoms with Crippen molar-refractivity contribution >= 4 is 0 Å². The predicted molar refractivity (Wildman–Crippen MR) is 58.0 cm³/mol. The zero-order valence-electron chi connectivity index (χ0n) is 10.2. The van der Waals surface area contributed by atoms with Crippen molar-refractivity contribution in [2.24, 2.45) is 0 Å². The Hall–Kier alpha value is -0.290. The van der Waals surface area contributed by atoms with Gasteiger partial charge in [0.25, 0.3) is 0 Å². The third-order valence-corrected chi connectivity index (χ3v) is 2.90. The maximum absolute atomic E-state index is 9.67. The number of ether oxygens (including phenoxy) is 1. The van der Waals surface area contributed by atoms with Gasteiger partial charge in [0, 0.05) is 12.8 Å². The van der Waals surface area contributed by atoms with Crippen LogP contribution in [0.4, 0.5) is 13.2 Å². The predicted octanol–water partition coefficient (Wildman–Crippen LogP) is 3.18. The molecule has 0 aromatic carbocycles. The summed E-state index contributed by atoms with van der Waals surface area (Å²) in [5, 5.41) is 0. The minimum atomic E-state index is -3.67. The first-order valence-electron chi connectivity index (χ1n) is 5.91. The highest BCUT2D eigenvalue weighted by Gasteiger charge is 2.29. The summed E-state index contributed by atoms with van der Waals surface area (Å²) < 4.78 is 35.8. The first kappa shape index (κ1) is 15.7. The van der Waals surface area contributed by atoms with Gasteiger partial charge in [0.1, 0.15) is 0 Å². The van der Waals surface area contributed by atoms with E-state index in [0.717, 1.165) is 19.8 Å². The van der Waals surface area contributed by atoms with Crippen LogP contribution in [0.2, 0.25) is 0 Å². The lowest BCUT2D eigenvalue weighted by Gasteiger charge is -2.32. The Morgan fingerprint density at radius 1 is 1.12 bits per heavy atom. The molecule has 0 saturated carbocycles. The van der Waals surface area contributed by atoms with Crippen LogP contribution in [0.5, 0.6) is 0 Å². The van der Waals surface area contributed by atoms with E-state index in [1.165, 1.54) is 37.0 Å². The third kappa shape index (κ3) is 7.06. The fraction of sp³-hybridized carbons (Fsp3) is 1.00. The molecule has 0 unspecified atom stereocenters. The Bertz CT molecular complexity index is 159. The summed E-state index contributed by atoms with van der Waals surface area (Å²) >= 11 is 0. The summed E-state index contributed by atoms with van der Waals surface area (Å²) in [5.74, 6) is 0. The second-order valence-corrected chi connectivity index (χ2v) is 4.10. The molecule has 16 heavy (non-hydrogen) atoms. The molecule has 0 N–H and O–H groups in total. The molecule has 0 radical (unpaired) electrons. The second-order valence-electron chi connectivity index (χ2n) is 4.10. The molecule has 1 heterocycles. The smallest absolute Gasteiger partial charge is 0.332 e. The average molecular weight is 242 g/mol. The maximum Gasteiger partial charge on any atom is 0.379 e. The molecule has 5 heteroatoms. The Balaban J connectivity index is 0.000000487. The zero-order valence-corrected chi connectivity index (χ0v) is 10.2. The molecule has 0 amide bonds. The quantitative estimate of drug-likeness (QED) is 0.531. The Kier molecular flexibility index (Phi) is 8.66. The van der Waals surface area contributed by atoms with E-state index in [1.807, 2.05) is 0 Å². The van der Waals surface area contributed by atoms with Crippen LogP contribution in [0.3, 0.4) is 0 Å². The lowest BCUT2D eigenvalue weighted by molar-refractivity contribution is -0.933. The number of nitrogens with zero attached hydrogens (tertiary/aromatic N) is 1. The van der Waals surface area contributed by atoms with Gasteiger partial charge in [0.2, 0.25) is 0 Å². The van der Waals surface area contributed by atoms with Crippen LogP contribution in [0.1, 0.15) is 33.1 Å². The fourth-order valence-corrected chi connectivity index (χ4v) is 1.95. The summed E-state index contributed by atoms with van der Waals surface area (Å²) in [7, 11) is 0. The van der Waals surface area contributed by atoms with Crippen molar-refractivity contribution in [3.05, 3.63) is 0 Å². The lowest BCUT2D eigenvalue weighted by Crippen LogP contribution is -2.46. The number of quaternary nitrogens is 1. The van der Waals surface area contributed by atoms with Crippen LogP contribution >= 0.6 is 0 Å². The first-order valence-corrected chi connectivity index (χ1v) is 5.91. The van der Waals surface area contributed by atoms with E-state index < -0.39 is 6.68 Å². The molecule has 1 rings (SSSR count). The normalized spacial score (nSPS) is 18.4. The molecule has 1 aliphatic heterocycles. The summed E-state index contributed by atoms with van der Waals surface area (Å²) in [4.78, 5) is 0. The molecule has 98 valence electrons. The summed E-state index contributed by atoms with van der Waals surface area (Å²) in [6.45, 7) is 6.56. The van der Waals surface area contributed by atoms with Crippen molar-refractivity contribution in [3.8, 4) is 0 Å². The fourth-order valence-electron chi connectivity index (χ4n) is 1.95. The number of hydrogen-bond donors (Lipinski definition) is 0. The molecule has 0 bridgehead atoms. The summed E-state index contributed by atoms with van der Waals surface area (Å²) in [6.07, 6.45) is 3.93. The molecule has 0 aromatic rings. The van der Waals surface area contributed by atoms with E-state index in [9.17, 15) is 13.2 Å². The van der Waals surface area contributed by atoms with E-state index in [2.05, 4.69) is 13.8 Å². The van der Waals surface area contributed by atoms with Crippen molar-refractivity contribution in [2.45, 2.75) is 39.8 Å². The van der Waals surface area contributed by atoms with Crippen LogP contribution < -0.4 is 0 Å². The van der Waals surface area contributed by atoms with E-state index in [0.29, 0.717) is 0 Å². The largest absolute Gasteiger partial charge is 0.379 e. The molecule has 1 fully saturated rings. The number of rotatable bonds is 5. The first-order chi connectivity index (χ1) is 7.56. The molecule has 1 aliphatic rings. The van der Waals surface area contributed by atoms with Crippen molar-refractivity contribution in [1.29, 1.82) is 0 Å². The van der Waals surface area contributed by atoms with Crippen LogP contribution in [0, 0.1) is 0 Å². The second kappa shape index (κ2) is 8.82. The van der Waals surface area contributed by atoms with Gasteiger partial charge >= 0.3 is 6.68 Å². The standard InChI is InChI=1S/C10H22NO.CHF3/c1-3-9-12-10-11(4-2)7-5-6-8-11;2-1(3)4/h3-10H2,1-2H3;1H/q+1;. The van der Waals surface area contributed by atoms with E-state index >= 15 is 0 Å². The monoisotopic (exact) mass is 242 g/mol. The molecule has 0 spiro atoms. The molecule has 2 nitrogen and oxygen atoms in total. The van der Waals surface area contributed by atoms with Gasteiger partial charge in [-0.1, -0.05) is 6.92 Å². The summed E-state index contributed by atoms with van der Waals surface area (Å²) in [6, 6.07) is 0. The molecule has 0 atom stereocenters. The van der Waals surface area contributed by atoms with Crippen LogP contribution in [-0.4, -0.2) is 44.1 Å². The highest BCUT2D eigenvalue weighted by atomic mass is 19.4. The minimum Gasteiger partial charge on any atom is -0.332 e. The van der Waals surface area contributed by atoms with Gasteiger partial charge in [-0.25, -0.2) is 0 Å². The van der Waals surface area contributed by atoms with Crippen molar-refractivity contribution in [1.82, 2.24) is 0 Å². The average Bonchev–Trinajstić information content (AvgIpc) is 2.67. The van der Waals surface area contributed by atoms with Gasteiger partial charge in [-0.2, -0.15) is 13.2 Å². The van der Waals surface area contributed by atoms with E-state index in [-0.39, 0.29) is 0 Å². The molecule has 0 aliphatic carbocycles. The SMILES string of the molecule is CCCOC[N+]1(CC)CCCC1.FC(F)F. The lowest BCUT2D eigenvalue weighted by atomic mass is 10.4. The van der Waals surface area contributed by atoms with Crippen molar-refractivity contribution in [3.63, 3.8) is 0 Å². The Morgan fingerprint density at radius 3 is 2.00 bits per heavy atom. The maximum atomic E-state index is 9.67. The van der Waals surface area contributed by atoms with Gasteiger partial charge in [-0.3, -0.25) is 0 Å². The molecular weight excluding hydrogens is 219 g/mol. The van der Waals surface area contributed by atoms with Crippen molar-refractivity contribution < 1.29 is 22.4 Å². The van der Waals surface area contributed by atoms with Gasteiger partial charge in [-0.05, 0) is 13.3 Å². The molecule has 1 saturated heterocycles. The third-order valence-electron chi connectivity index (χ3n) is 2.90. The van der Waals surface area contributed by atoms with Crippen molar-refractivity contribution in [2.75, 3.05) is 33.0 Å². The van der Waals surface area contributed by atoms with Crippen LogP contribution in [0.25, 0.3) is 0 Å². The minimum absolute atomic E-state index is 0.931. The van der Waals surface area contributed by atoms with Crippen LogP contribution in [-0.2, 0) is 4.74 Å². The topological polar surface area (TPSA) is 9.23 Å². The van der Waals surface area contributed by atoms with E-state index in [1.54, 1.807) is 0 Å². The Labute approximate surface area is 96.0 Å². The van der Waals surface area contributed by atoms with Crippen LogP contribution in [0.15, 0.2) is 0 Å². The zero-order chi connectivity index (χ0) is 12.4. The Morgan fingerprint density at radius 2 is 1.62 bits per heavy atom. The van der Waals surface area contributed by atoms with Gasteiger partial charge in [0.05, 0.1) is 26.2 Å². The highest BCUT2D eigenvalue weighted by molar-refractivity contribution is 4.51. The van der Waals surface area contributed by atoms with Gasteiger partial charge in [-0.15, -0.1) is 0 Å². The number of halogens is 3. The highest BCUT2D eigenvalue weighted by Crippen LogP contribution is 2.18. The molecule has 0 aromatic heterocycles.